The van der Waals surface area contributed by atoms with Crippen molar-refractivity contribution in [1.29, 1.82) is 0 Å². The lowest BCUT2D eigenvalue weighted by Crippen LogP contribution is -2.32. The zero-order valence-corrected chi connectivity index (χ0v) is 17.2. The number of non-ortho nitro benzene ring substituents is 1. The molecule has 1 heterocycles. The van der Waals surface area contributed by atoms with Crippen LogP contribution in [0.15, 0.2) is 95.1 Å². The molecule has 0 aliphatic carbocycles. The highest BCUT2D eigenvalue weighted by molar-refractivity contribution is 8.16. The van der Waals surface area contributed by atoms with E-state index in [1.54, 1.807) is 17.0 Å². The molecule has 0 spiro atoms. The molecule has 1 saturated heterocycles. The third-order valence-corrected chi connectivity index (χ3v) is 5.77. The number of rotatable bonds is 6. The van der Waals surface area contributed by atoms with E-state index in [-0.39, 0.29) is 16.8 Å². The van der Waals surface area contributed by atoms with Gasteiger partial charge in [-0.1, -0.05) is 72.4 Å². The Morgan fingerprint density at radius 3 is 2.42 bits per heavy atom. The van der Waals surface area contributed by atoms with E-state index >= 15 is 0 Å². The summed E-state index contributed by atoms with van der Waals surface area (Å²) in [5.41, 5.74) is 2.33. The van der Waals surface area contributed by atoms with Crippen LogP contribution in [-0.4, -0.2) is 27.5 Å². The van der Waals surface area contributed by atoms with Crippen LogP contribution in [0.4, 0.5) is 11.4 Å². The fourth-order valence-electron chi connectivity index (χ4n) is 3.17. The van der Waals surface area contributed by atoms with Crippen molar-refractivity contribution in [1.82, 2.24) is 0 Å². The predicted octanol–water partition coefficient (Wildman–Crippen LogP) is 4.68. The van der Waals surface area contributed by atoms with Gasteiger partial charge in [-0.3, -0.25) is 19.8 Å². The van der Waals surface area contributed by atoms with E-state index < -0.39 is 4.92 Å². The number of amidine groups is 1. The van der Waals surface area contributed by atoms with Crippen LogP contribution in [-0.2, 0) is 11.2 Å². The van der Waals surface area contributed by atoms with Crippen LogP contribution in [0.2, 0.25) is 0 Å². The molecule has 154 valence electrons. The molecule has 1 amide bonds. The summed E-state index contributed by atoms with van der Waals surface area (Å²) in [6.07, 6.45) is 2.03. The van der Waals surface area contributed by atoms with Crippen molar-refractivity contribution in [2.45, 2.75) is 11.7 Å². The van der Waals surface area contributed by atoms with Crippen molar-refractivity contribution in [2.75, 3.05) is 4.90 Å². The molecule has 0 radical (unpaired) electrons. The van der Waals surface area contributed by atoms with Gasteiger partial charge in [0.25, 0.3) is 5.69 Å². The molecule has 3 aromatic carbocycles. The van der Waals surface area contributed by atoms with E-state index in [1.165, 1.54) is 30.1 Å². The summed E-state index contributed by atoms with van der Waals surface area (Å²) in [7, 11) is 0. The highest BCUT2D eigenvalue weighted by Crippen LogP contribution is 2.33. The number of para-hydroxylation sites is 1. The summed E-state index contributed by atoms with van der Waals surface area (Å²) in [4.78, 5) is 25.2. The van der Waals surface area contributed by atoms with Crippen LogP contribution >= 0.6 is 11.8 Å². The van der Waals surface area contributed by atoms with Gasteiger partial charge in [-0.25, -0.2) is 0 Å². The third kappa shape index (κ3) is 4.87. The van der Waals surface area contributed by atoms with Crippen LogP contribution in [0.1, 0.15) is 11.1 Å². The molecule has 31 heavy (non-hydrogen) atoms. The molecule has 8 heteroatoms. The molecule has 7 nitrogen and oxygen atoms in total. The quantitative estimate of drug-likeness (QED) is 0.323. The first-order valence-electron chi connectivity index (χ1n) is 9.57. The number of hydrogen-bond donors (Lipinski definition) is 0. The van der Waals surface area contributed by atoms with Crippen LogP contribution in [0.25, 0.3) is 0 Å². The number of amides is 1. The number of carbonyl (C=O) groups excluding carboxylic acids is 1. The fourth-order valence-corrected chi connectivity index (χ4v) is 4.30. The molecule has 0 N–H and O–H groups in total. The van der Waals surface area contributed by atoms with Gasteiger partial charge in [0, 0.05) is 17.7 Å². The Morgan fingerprint density at radius 1 is 1.00 bits per heavy atom. The normalized spacial score (nSPS) is 17.5. The van der Waals surface area contributed by atoms with E-state index in [0.29, 0.717) is 17.2 Å². The predicted molar refractivity (Wildman–Crippen MR) is 124 cm³/mol. The minimum atomic E-state index is -0.458. The van der Waals surface area contributed by atoms with Crippen LogP contribution in [0.3, 0.4) is 0 Å². The molecule has 0 bridgehead atoms. The summed E-state index contributed by atoms with van der Waals surface area (Å²) in [6, 6.07) is 25.3. The third-order valence-electron chi connectivity index (χ3n) is 4.64. The SMILES string of the molecule is O=C1C(Cc2ccccc2)S/C(=N/N=C/c2cccc([N+](=O)[O-])c2)N1c1ccccc1. The topological polar surface area (TPSA) is 88.2 Å². The first-order chi connectivity index (χ1) is 15.1. The highest BCUT2D eigenvalue weighted by atomic mass is 32.2. The Kier molecular flexibility index (Phi) is 6.18. The second kappa shape index (κ2) is 9.36. The smallest absolute Gasteiger partial charge is 0.270 e. The second-order valence-electron chi connectivity index (χ2n) is 6.78. The number of nitro benzene ring substituents is 1. The van der Waals surface area contributed by atoms with Crippen LogP contribution < -0.4 is 4.90 Å². The number of nitro groups is 1. The van der Waals surface area contributed by atoms with E-state index in [0.717, 1.165) is 11.3 Å². The number of anilines is 1. The summed E-state index contributed by atoms with van der Waals surface area (Å²) < 4.78 is 0. The van der Waals surface area contributed by atoms with Crippen molar-refractivity contribution in [3.63, 3.8) is 0 Å². The number of nitrogens with zero attached hydrogens (tertiary/aromatic N) is 4. The van der Waals surface area contributed by atoms with E-state index in [1.807, 2.05) is 60.7 Å². The van der Waals surface area contributed by atoms with Gasteiger partial charge in [0.2, 0.25) is 5.91 Å². The van der Waals surface area contributed by atoms with Crippen molar-refractivity contribution >= 4 is 40.4 Å². The molecule has 3 aromatic rings. The molecule has 1 aliphatic rings. The zero-order valence-electron chi connectivity index (χ0n) is 16.4. The number of thioether (sulfide) groups is 1. The second-order valence-corrected chi connectivity index (χ2v) is 7.95. The van der Waals surface area contributed by atoms with Crippen LogP contribution in [0, 0.1) is 10.1 Å². The summed E-state index contributed by atoms with van der Waals surface area (Å²) in [6.45, 7) is 0. The van der Waals surface area contributed by atoms with Gasteiger partial charge in [0.15, 0.2) is 5.17 Å². The van der Waals surface area contributed by atoms with Crippen LogP contribution in [0.5, 0.6) is 0 Å². The van der Waals surface area contributed by atoms with E-state index in [9.17, 15) is 14.9 Å². The van der Waals surface area contributed by atoms with E-state index in [4.69, 9.17) is 0 Å². The lowest BCUT2D eigenvalue weighted by Gasteiger charge is -2.15. The molecule has 0 aromatic heterocycles. The van der Waals surface area contributed by atoms with Gasteiger partial charge >= 0.3 is 0 Å². The minimum absolute atomic E-state index is 0.0177. The molecular formula is C23H18N4O3S. The Labute approximate surface area is 183 Å². The average Bonchev–Trinajstić information content (AvgIpc) is 3.10. The maximum Gasteiger partial charge on any atom is 0.270 e. The fraction of sp³-hybridized carbons (Fsp3) is 0.0870. The molecular weight excluding hydrogens is 412 g/mol. The van der Waals surface area contributed by atoms with E-state index in [2.05, 4.69) is 10.2 Å². The first-order valence-corrected chi connectivity index (χ1v) is 10.4. The number of carbonyl (C=O) groups is 1. The van der Waals surface area contributed by atoms with Crippen molar-refractivity contribution in [3.05, 3.63) is 106 Å². The van der Waals surface area contributed by atoms with Gasteiger partial charge < -0.3 is 0 Å². The Balaban J connectivity index is 1.61. The largest absolute Gasteiger partial charge is 0.273 e. The Bertz CT molecular complexity index is 1150. The standard InChI is InChI=1S/C23H18N4O3S/c28-22-21(15-17-8-3-1-4-9-17)31-23(26(22)19-11-5-2-6-12-19)25-24-16-18-10-7-13-20(14-18)27(29)30/h1-14,16,21H,15H2/b24-16+,25-23+. The van der Waals surface area contributed by atoms with Gasteiger partial charge in [0.05, 0.1) is 22.1 Å². The minimum Gasteiger partial charge on any atom is -0.273 e. The van der Waals surface area contributed by atoms with Crippen molar-refractivity contribution < 1.29 is 9.72 Å². The molecule has 1 aliphatic heterocycles. The number of hydrogen-bond acceptors (Lipinski definition) is 6. The van der Waals surface area contributed by atoms with Gasteiger partial charge in [0.1, 0.15) is 0 Å². The first kappa shape index (κ1) is 20.5. The van der Waals surface area contributed by atoms with Gasteiger partial charge in [-0.2, -0.15) is 5.10 Å². The Morgan fingerprint density at radius 2 is 1.71 bits per heavy atom. The monoisotopic (exact) mass is 430 g/mol. The van der Waals surface area contributed by atoms with Crippen molar-refractivity contribution in [3.8, 4) is 0 Å². The summed E-state index contributed by atoms with van der Waals surface area (Å²) in [5, 5.41) is 19.5. The van der Waals surface area contributed by atoms with Gasteiger partial charge in [-0.05, 0) is 24.1 Å². The van der Waals surface area contributed by atoms with Crippen molar-refractivity contribution in [2.24, 2.45) is 10.2 Å². The Hall–Kier alpha value is -3.78. The maximum atomic E-state index is 13.2. The molecule has 1 unspecified atom stereocenters. The summed E-state index contributed by atoms with van der Waals surface area (Å²) in [5.74, 6) is -0.0515. The molecule has 4 rings (SSSR count). The lowest BCUT2D eigenvalue weighted by atomic mass is 10.1. The summed E-state index contributed by atoms with van der Waals surface area (Å²) >= 11 is 1.36. The lowest BCUT2D eigenvalue weighted by molar-refractivity contribution is -0.384. The molecule has 0 saturated carbocycles. The zero-order chi connectivity index (χ0) is 21.6. The number of benzene rings is 3. The van der Waals surface area contributed by atoms with Gasteiger partial charge in [-0.15, -0.1) is 5.10 Å². The highest BCUT2D eigenvalue weighted by Gasteiger charge is 2.39. The molecule has 1 atom stereocenters. The maximum absolute atomic E-state index is 13.2. The average molecular weight is 430 g/mol. The molecule has 1 fully saturated rings.